The summed E-state index contributed by atoms with van der Waals surface area (Å²) in [6.45, 7) is 0.223. The van der Waals surface area contributed by atoms with Gasteiger partial charge >= 0.3 is 0 Å². The monoisotopic (exact) mass is 249 g/mol. The molecule has 1 aromatic heterocycles. The van der Waals surface area contributed by atoms with Crippen LogP contribution < -0.4 is 5.32 Å². The van der Waals surface area contributed by atoms with Crippen molar-refractivity contribution in [2.45, 2.75) is 12.5 Å². The molecule has 0 bridgehead atoms. The van der Waals surface area contributed by atoms with Gasteiger partial charge in [-0.3, -0.25) is 0 Å². The van der Waals surface area contributed by atoms with E-state index in [0.717, 1.165) is 10.9 Å². The first-order valence-corrected chi connectivity index (χ1v) is 5.47. The molecule has 0 fully saturated rings. The van der Waals surface area contributed by atoms with Gasteiger partial charge in [-0.25, -0.2) is 0 Å². The van der Waals surface area contributed by atoms with E-state index in [2.05, 4.69) is 32.7 Å². The van der Waals surface area contributed by atoms with E-state index in [4.69, 9.17) is 5.11 Å². The molecule has 0 aliphatic rings. The molecule has 0 saturated heterocycles. The van der Waals surface area contributed by atoms with Crippen molar-refractivity contribution in [2.75, 3.05) is 13.7 Å². The summed E-state index contributed by atoms with van der Waals surface area (Å²) in [6.07, 6.45) is 0.767. The Balaban J connectivity index is 2.66. The Bertz CT molecular complexity index is 239. The Morgan fingerprint density at radius 3 is 2.92 bits per heavy atom. The fraction of sp³-hybridized carbons (Fsp3) is 0.500. The summed E-state index contributed by atoms with van der Waals surface area (Å²) < 4.78 is 1.11. The Morgan fingerprint density at radius 2 is 2.50 bits per heavy atom. The molecule has 2 nitrogen and oxygen atoms in total. The minimum Gasteiger partial charge on any atom is -0.396 e. The van der Waals surface area contributed by atoms with Crippen molar-refractivity contribution in [3.05, 3.63) is 20.8 Å². The molecule has 0 amide bonds. The topological polar surface area (TPSA) is 32.3 Å². The maximum Gasteiger partial charge on any atom is 0.0449 e. The van der Waals surface area contributed by atoms with Gasteiger partial charge in [-0.2, -0.15) is 0 Å². The van der Waals surface area contributed by atoms with Crippen LogP contribution in [0, 0.1) is 0 Å². The summed E-state index contributed by atoms with van der Waals surface area (Å²) in [7, 11) is 1.91. The van der Waals surface area contributed by atoms with Gasteiger partial charge in [0.2, 0.25) is 0 Å². The lowest BCUT2D eigenvalue weighted by atomic mass is 10.2. The summed E-state index contributed by atoms with van der Waals surface area (Å²) in [5, 5.41) is 14.0. The molecule has 68 valence electrons. The van der Waals surface area contributed by atoms with Crippen molar-refractivity contribution >= 4 is 27.3 Å². The molecule has 2 N–H and O–H groups in total. The summed E-state index contributed by atoms with van der Waals surface area (Å²) in [6, 6.07) is 2.37. The van der Waals surface area contributed by atoms with Crippen molar-refractivity contribution < 1.29 is 5.11 Å². The molecule has 0 radical (unpaired) electrons. The second kappa shape index (κ2) is 4.97. The zero-order valence-corrected chi connectivity index (χ0v) is 9.28. The van der Waals surface area contributed by atoms with E-state index in [-0.39, 0.29) is 12.6 Å². The summed E-state index contributed by atoms with van der Waals surface area (Å²) >= 11 is 5.10. The largest absolute Gasteiger partial charge is 0.396 e. The standard InChI is InChI=1S/C8H12BrNOS/c1-10-7(2-3-11)8-4-6(9)5-12-8/h4-5,7,10-11H,2-3H2,1H3. The fourth-order valence-electron chi connectivity index (χ4n) is 1.07. The van der Waals surface area contributed by atoms with Crippen LogP contribution in [0.4, 0.5) is 0 Å². The number of hydrogen-bond donors (Lipinski definition) is 2. The van der Waals surface area contributed by atoms with Gasteiger partial charge in [0, 0.05) is 27.4 Å². The second-order valence-electron chi connectivity index (χ2n) is 2.52. The quantitative estimate of drug-likeness (QED) is 0.858. The van der Waals surface area contributed by atoms with Gasteiger partial charge in [-0.05, 0) is 35.5 Å². The molecule has 0 aliphatic carbocycles. The molecule has 4 heteroatoms. The van der Waals surface area contributed by atoms with E-state index in [1.807, 2.05) is 7.05 Å². The molecule has 1 heterocycles. The molecule has 0 aromatic carbocycles. The van der Waals surface area contributed by atoms with Crippen LogP contribution in [0.25, 0.3) is 0 Å². The maximum absolute atomic E-state index is 8.79. The molecule has 1 unspecified atom stereocenters. The number of aliphatic hydroxyl groups is 1. The maximum atomic E-state index is 8.79. The van der Waals surface area contributed by atoms with Crippen molar-refractivity contribution in [1.29, 1.82) is 0 Å². The smallest absolute Gasteiger partial charge is 0.0449 e. The Labute approximate surface area is 84.7 Å². The van der Waals surface area contributed by atoms with Gasteiger partial charge in [-0.1, -0.05) is 0 Å². The molecule has 1 rings (SSSR count). The van der Waals surface area contributed by atoms with Crippen LogP contribution in [0.3, 0.4) is 0 Å². The van der Waals surface area contributed by atoms with E-state index < -0.39 is 0 Å². The highest BCUT2D eigenvalue weighted by Crippen LogP contribution is 2.26. The predicted octanol–water partition coefficient (Wildman–Crippen LogP) is 2.15. The third-order valence-electron chi connectivity index (χ3n) is 1.70. The zero-order chi connectivity index (χ0) is 8.97. The highest BCUT2D eigenvalue weighted by molar-refractivity contribution is 9.10. The van der Waals surface area contributed by atoms with Crippen molar-refractivity contribution in [3.63, 3.8) is 0 Å². The number of rotatable bonds is 4. The molecule has 0 saturated carbocycles. The SMILES string of the molecule is CNC(CCO)c1cc(Br)cs1. The number of hydrogen-bond acceptors (Lipinski definition) is 3. The lowest BCUT2D eigenvalue weighted by molar-refractivity contribution is 0.269. The molecule has 0 spiro atoms. The first-order chi connectivity index (χ1) is 5.77. The lowest BCUT2D eigenvalue weighted by Crippen LogP contribution is -2.16. The van der Waals surface area contributed by atoms with Gasteiger partial charge in [0.15, 0.2) is 0 Å². The first kappa shape index (κ1) is 10.2. The summed E-state index contributed by atoms with van der Waals surface area (Å²) in [4.78, 5) is 1.26. The van der Waals surface area contributed by atoms with E-state index >= 15 is 0 Å². The molecular formula is C8H12BrNOS. The number of nitrogens with one attached hydrogen (secondary N) is 1. The van der Waals surface area contributed by atoms with E-state index in [1.165, 1.54) is 4.88 Å². The predicted molar refractivity (Wildman–Crippen MR) is 55.5 cm³/mol. The van der Waals surface area contributed by atoms with Crippen molar-refractivity contribution in [2.24, 2.45) is 0 Å². The highest BCUT2D eigenvalue weighted by Gasteiger charge is 2.09. The average Bonchev–Trinajstić information content (AvgIpc) is 2.47. The molecule has 1 aromatic rings. The highest BCUT2D eigenvalue weighted by atomic mass is 79.9. The van der Waals surface area contributed by atoms with Gasteiger partial charge in [0.05, 0.1) is 0 Å². The van der Waals surface area contributed by atoms with Gasteiger partial charge < -0.3 is 10.4 Å². The van der Waals surface area contributed by atoms with Crippen molar-refractivity contribution in [1.82, 2.24) is 5.32 Å². The normalized spacial score (nSPS) is 13.2. The van der Waals surface area contributed by atoms with Gasteiger partial charge in [0.25, 0.3) is 0 Å². The molecular weight excluding hydrogens is 238 g/mol. The minimum atomic E-state index is 0.223. The molecule has 0 aliphatic heterocycles. The van der Waals surface area contributed by atoms with E-state index in [0.29, 0.717) is 0 Å². The third kappa shape index (κ3) is 2.55. The van der Waals surface area contributed by atoms with Crippen LogP contribution in [0.1, 0.15) is 17.3 Å². The van der Waals surface area contributed by atoms with Crippen LogP contribution in [0.15, 0.2) is 15.9 Å². The van der Waals surface area contributed by atoms with Gasteiger partial charge in [-0.15, -0.1) is 11.3 Å². The van der Waals surface area contributed by atoms with E-state index in [9.17, 15) is 0 Å². The zero-order valence-electron chi connectivity index (χ0n) is 6.88. The first-order valence-electron chi connectivity index (χ1n) is 3.80. The van der Waals surface area contributed by atoms with E-state index in [1.54, 1.807) is 11.3 Å². The molecule has 12 heavy (non-hydrogen) atoms. The summed E-state index contributed by atoms with van der Waals surface area (Å²) in [5.41, 5.74) is 0. The Kier molecular flexibility index (Phi) is 4.21. The fourth-order valence-corrected chi connectivity index (χ4v) is 2.66. The number of thiophene rings is 1. The van der Waals surface area contributed by atoms with Crippen molar-refractivity contribution in [3.8, 4) is 0 Å². The van der Waals surface area contributed by atoms with Crippen LogP contribution in [-0.4, -0.2) is 18.8 Å². The third-order valence-corrected chi connectivity index (χ3v) is 3.50. The Morgan fingerprint density at radius 1 is 1.75 bits per heavy atom. The average molecular weight is 250 g/mol. The lowest BCUT2D eigenvalue weighted by Gasteiger charge is -2.11. The number of aliphatic hydroxyl groups excluding tert-OH is 1. The van der Waals surface area contributed by atoms with Crippen LogP contribution in [0.5, 0.6) is 0 Å². The number of halogens is 1. The van der Waals surface area contributed by atoms with Gasteiger partial charge in [0.1, 0.15) is 0 Å². The van der Waals surface area contributed by atoms with Crippen LogP contribution in [0.2, 0.25) is 0 Å². The minimum absolute atomic E-state index is 0.223. The Hall–Kier alpha value is 0.1000. The second-order valence-corrected chi connectivity index (χ2v) is 4.38. The van der Waals surface area contributed by atoms with Crippen LogP contribution >= 0.6 is 27.3 Å². The summed E-state index contributed by atoms with van der Waals surface area (Å²) in [5.74, 6) is 0. The molecule has 1 atom stereocenters. The van der Waals surface area contributed by atoms with Crippen LogP contribution in [-0.2, 0) is 0 Å².